The van der Waals surface area contributed by atoms with Crippen LogP contribution in [0.25, 0.3) is 22.3 Å². The maximum atomic E-state index is 9.17. The first-order valence-electron chi connectivity index (χ1n) is 9.49. The van der Waals surface area contributed by atoms with Crippen molar-refractivity contribution in [3.8, 4) is 17.3 Å². The van der Waals surface area contributed by atoms with E-state index in [-0.39, 0.29) is 23.6 Å². The lowest BCUT2D eigenvalue weighted by molar-refractivity contribution is 0.160. The molecular weight excluding hydrogens is 368 g/mol. The summed E-state index contributed by atoms with van der Waals surface area (Å²) in [6.07, 6.45) is 7.55. The van der Waals surface area contributed by atoms with Gasteiger partial charge >= 0.3 is 0 Å². The van der Waals surface area contributed by atoms with E-state index >= 15 is 0 Å². The largest absolute Gasteiger partial charge is 0.460 e. The number of hydrogen-bond acceptors (Lipinski definition) is 7. The van der Waals surface area contributed by atoms with Crippen LogP contribution >= 0.6 is 0 Å². The predicted octanol–water partition coefficient (Wildman–Crippen LogP) is 2.50. The molecule has 3 aromatic heterocycles. The fourth-order valence-corrected chi connectivity index (χ4v) is 3.32. The zero-order valence-electron chi connectivity index (χ0n) is 16.8. The molecule has 0 radical (unpaired) electrons. The van der Waals surface area contributed by atoms with Gasteiger partial charge in [0.25, 0.3) is 0 Å². The molecule has 1 aliphatic heterocycles. The summed E-state index contributed by atoms with van der Waals surface area (Å²) in [6.45, 7) is 7.50. The van der Waals surface area contributed by atoms with Crippen molar-refractivity contribution in [1.29, 1.82) is 10.7 Å². The molecule has 29 heavy (non-hydrogen) atoms. The molecule has 0 spiro atoms. The summed E-state index contributed by atoms with van der Waals surface area (Å²) in [5.74, 6) is 0.229. The SMILES string of the molecule is CC(C)(C)C(=N)OCn1ccc2c(-c3cnn(C4(CC#N)CNC4)c3)ncnc21. The van der Waals surface area contributed by atoms with Crippen molar-refractivity contribution in [1.82, 2.24) is 29.6 Å². The average Bonchev–Trinajstić information content (AvgIpc) is 3.29. The van der Waals surface area contributed by atoms with Crippen molar-refractivity contribution in [2.45, 2.75) is 39.5 Å². The minimum atomic E-state index is -0.340. The van der Waals surface area contributed by atoms with Gasteiger partial charge in [0.1, 0.15) is 17.5 Å². The van der Waals surface area contributed by atoms with Crippen LogP contribution in [-0.2, 0) is 17.0 Å². The van der Waals surface area contributed by atoms with Gasteiger partial charge in [0.05, 0.1) is 24.4 Å². The van der Waals surface area contributed by atoms with Gasteiger partial charge in [-0.3, -0.25) is 14.7 Å². The van der Waals surface area contributed by atoms with E-state index < -0.39 is 0 Å². The second-order valence-electron chi connectivity index (χ2n) is 8.43. The summed E-state index contributed by atoms with van der Waals surface area (Å²) in [5, 5.41) is 25.8. The molecule has 0 aromatic carbocycles. The first-order valence-corrected chi connectivity index (χ1v) is 9.49. The monoisotopic (exact) mass is 392 g/mol. The highest BCUT2D eigenvalue weighted by atomic mass is 16.5. The molecule has 4 rings (SSSR count). The normalized spacial score (nSPS) is 15.7. The number of nitrogens with one attached hydrogen (secondary N) is 2. The van der Waals surface area contributed by atoms with Crippen molar-refractivity contribution < 1.29 is 4.74 Å². The van der Waals surface area contributed by atoms with Crippen molar-refractivity contribution in [2.24, 2.45) is 5.41 Å². The van der Waals surface area contributed by atoms with Gasteiger partial charge in [-0.25, -0.2) is 9.97 Å². The Morgan fingerprint density at radius 2 is 2.17 bits per heavy atom. The molecule has 1 fully saturated rings. The van der Waals surface area contributed by atoms with Crippen molar-refractivity contribution >= 4 is 16.9 Å². The van der Waals surface area contributed by atoms with E-state index in [1.54, 1.807) is 6.20 Å². The lowest BCUT2D eigenvalue weighted by Crippen LogP contribution is -2.60. The Bertz CT molecular complexity index is 1090. The van der Waals surface area contributed by atoms with Crippen molar-refractivity contribution in [2.75, 3.05) is 13.1 Å². The van der Waals surface area contributed by atoms with E-state index in [0.29, 0.717) is 6.42 Å². The fraction of sp³-hybridized carbons (Fsp3) is 0.450. The van der Waals surface area contributed by atoms with Gasteiger partial charge in [0.15, 0.2) is 12.6 Å². The van der Waals surface area contributed by atoms with Gasteiger partial charge in [0, 0.05) is 41.8 Å². The molecular formula is C20H24N8O. The molecule has 0 saturated carbocycles. The lowest BCUT2D eigenvalue weighted by Gasteiger charge is -2.41. The molecule has 0 amide bonds. The molecule has 150 valence electrons. The number of rotatable bonds is 5. The van der Waals surface area contributed by atoms with Crippen LogP contribution < -0.4 is 5.32 Å². The Morgan fingerprint density at radius 3 is 2.83 bits per heavy atom. The zero-order chi connectivity index (χ0) is 20.6. The van der Waals surface area contributed by atoms with E-state index in [9.17, 15) is 0 Å². The standard InChI is InChI=1S/C20H24N8O/c1-19(2,3)18(22)29-13-27-7-4-15-16(24-12-25-17(15)27)14-8-26-28(9-14)20(5-6-21)10-23-11-20/h4,7-9,12,22-23H,5,10-11,13H2,1-3H3. The average molecular weight is 392 g/mol. The maximum absolute atomic E-state index is 9.17. The Hall–Kier alpha value is -3.25. The van der Waals surface area contributed by atoms with E-state index in [1.807, 2.05) is 48.5 Å². The van der Waals surface area contributed by atoms with E-state index in [1.165, 1.54) is 6.33 Å². The molecule has 9 heteroatoms. The van der Waals surface area contributed by atoms with Gasteiger partial charge < -0.3 is 10.1 Å². The molecule has 0 unspecified atom stereocenters. The molecule has 9 nitrogen and oxygen atoms in total. The molecule has 2 N–H and O–H groups in total. The summed E-state index contributed by atoms with van der Waals surface area (Å²) in [5.41, 5.74) is 1.77. The zero-order valence-corrected chi connectivity index (χ0v) is 16.8. The van der Waals surface area contributed by atoms with E-state index in [2.05, 4.69) is 26.5 Å². The Balaban J connectivity index is 1.62. The Morgan fingerprint density at radius 1 is 1.38 bits per heavy atom. The van der Waals surface area contributed by atoms with Crippen LogP contribution in [0.4, 0.5) is 0 Å². The molecule has 3 aromatic rings. The van der Waals surface area contributed by atoms with E-state index in [0.717, 1.165) is 35.4 Å². The smallest absolute Gasteiger partial charge is 0.188 e. The maximum Gasteiger partial charge on any atom is 0.188 e. The van der Waals surface area contributed by atoms with Crippen LogP contribution in [0.3, 0.4) is 0 Å². The second kappa shape index (κ2) is 6.97. The molecule has 1 aliphatic rings. The topological polar surface area (TPSA) is 117 Å². The van der Waals surface area contributed by atoms with Crippen LogP contribution in [0.15, 0.2) is 31.0 Å². The third-order valence-corrected chi connectivity index (χ3v) is 5.24. The van der Waals surface area contributed by atoms with E-state index in [4.69, 9.17) is 15.4 Å². The highest BCUT2D eigenvalue weighted by molar-refractivity contribution is 5.90. The van der Waals surface area contributed by atoms with Crippen molar-refractivity contribution in [3.05, 3.63) is 31.0 Å². The van der Waals surface area contributed by atoms with Crippen LogP contribution in [0.1, 0.15) is 27.2 Å². The van der Waals surface area contributed by atoms with Gasteiger partial charge in [-0.15, -0.1) is 0 Å². The Labute approximate surface area is 168 Å². The van der Waals surface area contributed by atoms with Gasteiger partial charge in [-0.2, -0.15) is 10.4 Å². The van der Waals surface area contributed by atoms with Crippen LogP contribution in [-0.4, -0.2) is 43.3 Å². The first kappa shape index (κ1) is 19.1. The number of aromatic nitrogens is 5. The number of fused-ring (bicyclic) bond motifs is 1. The first-order chi connectivity index (χ1) is 13.8. The molecule has 4 heterocycles. The highest BCUT2D eigenvalue weighted by Gasteiger charge is 2.39. The summed E-state index contributed by atoms with van der Waals surface area (Å²) < 4.78 is 9.37. The fourth-order valence-electron chi connectivity index (χ4n) is 3.32. The summed E-state index contributed by atoms with van der Waals surface area (Å²) in [6, 6.07) is 4.21. The summed E-state index contributed by atoms with van der Waals surface area (Å²) in [4.78, 5) is 8.87. The number of ether oxygens (including phenoxy) is 1. The van der Waals surface area contributed by atoms with Gasteiger partial charge in [0.2, 0.25) is 0 Å². The second-order valence-corrected chi connectivity index (χ2v) is 8.43. The highest BCUT2D eigenvalue weighted by Crippen LogP contribution is 2.30. The number of nitriles is 1. The third kappa shape index (κ3) is 3.36. The summed E-state index contributed by atoms with van der Waals surface area (Å²) >= 11 is 0. The lowest BCUT2D eigenvalue weighted by atomic mass is 9.89. The minimum absolute atomic E-state index is 0.215. The summed E-state index contributed by atoms with van der Waals surface area (Å²) in [7, 11) is 0. The number of hydrogen-bond donors (Lipinski definition) is 2. The molecule has 0 bridgehead atoms. The Kier molecular flexibility index (Phi) is 4.59. The number of nitrogens with zero attached hydrogens (tertiary/aromatic N) is 6. The van der Waals surface area contributed by atoms with Crippen LogP contribution in [0, 0.1) is 22.2 Å². The molecule has 0 atom stereocenters. The quantitative estimate of drug-likeness (QED) is 0.509. The van der Waals surface area contributed by atoms with Crippen molar-refractivity contribution in [3.63, 3.8) is 0 Å². The van der Waals surface area contributed by atoms with Crippen LogP contribution in [0.2, 0.25) is 0 Å². The molecule has 1 saturated heterocycles. The minimum Gasteiger partial charge on any atom is -0.460 e. The van der Waals surface area contributed by atoms with Crippen LogP contribution in [0.5, 0.6) is 0 Å². The molecule has 0 aliphatic carbocycles. The predicted molar refractivity (Wildman–Crippen MR) is 108 cm³/mol. The third-order valence-electron chi connectivity index (χ3n) is 5.24. The van der Waals surface area contributed by atoms with Gasteiger partial charge in [-0.05, 0) is 6.07 Å². The van der Waals surface area contributed by atoms with Gasteiger partial charge in [-0.1, -0.05) is 20.8 Å².